The van der Waals surface area contributed by atoms with Crippen molar-refractivity contribution in [2.45, 2.75) is 19.8 Å². The lowest BCUT2D eigenvalue weighted by molar-refractivity contribution is -0.132. The molecule has 1 heterocycles. The number of amides is 1. The van der Waals surface area contributed by atoms with E-state index in [4.69, 9.17) is 0 Å². The average molecular weight is 272 g/mol. The lowest BCUT2D eigenvalue weighted by Crippen LogP contribution is -2.48. The Labute approximate surface area is 121 Å². The number of rotatable bonds is 5. The molecule has 0 aromatic heterocycles. The molecule has 0 unspecified atom stereocenters. The summed E-state index contributed by atoms with van der Waals surface area (Å²) < 4.78 is 0. The van der Waals surface area contributed by atoms with Gasteiger partial charge in [0.1, 0.15) is 0 Å². The van der Waals surface area contributed by atoms with Crippen molar-refractivity contribution in [2.24, 2.45) is 0 Å². The van der Waals surface area contributed by atoms with Gasteiger partial charge in [0, 0.05) is 39.1 Å². The van der Waals surface area contributed by atoms with Gasteiger partial charge in [-0.3, -0.25) is 9.69 Å². The Morgan fingerprint density at radius 1 is 1.15 bits per heavy atom. The fourth-order valence-corrected chi connectivity index (χ4v) is 2.45. The minimum atomic E-state index is 0.312. The minimum Gasteiger partial charge on any atom is -0.340 e. The third-order valence-electron chi connectivity index (χ3n) is 3.66. The van der Waals surface area contributed by atoms with E-state index in [9.17, 15) is 4.79 Å². The Morgan fingerprint density at radius 2 is 1.85 bits per heavy atom. The largest absolute Gasteiger partial charge is 0.340 e. The van der Waals surface area contributed by atoms with Crippen molar-refractivity contribution in [3.8, 4) is 0 Å². The molecule has 0 bridgehead atoms. The molecule has 0 atom stereocenters. The molecule has 0 saturated carbocycles. The van der Waals surface area contributed by atoms with E-state index in [0.29, 0.717) is 12.3 Å². The van der Waals surface area contributed by atoms with Gasteiger partial charge < -0.3 is 4.90 Å². The van der Waals surface area contributed by atoms with Gasteiger partial charge in [0.15, 0.2) is 0 Å². The molecule has 1 aromatic carbocycles. The summed E-state index contributed by atoms with van der Waals surface area (Å²) in [7, 11) is 0. The first kappa shape index (κ1) is 14.8. The summed E-state index contributed by atoms with van der Waals surface area (Å²) in [5, 5.41) is 0. The maximum Gasteiger partial charge on any atom is 0.222 e. The van der Waals surface area contributed by atoms with Crippen molar-refractivity contribution in [1.82, 2.24) is 9.80 Å². The Morgan fingerprint density at radius 3 is 2.50 bits per heavy atom. The Balaban J connectivity index is 1.72. The van der Waals surface area contributed by atoms with E-state index in [1.807, 2.05) is 11.0 Å². The van der Waals surface area contributed by atoms with Crippen LogP contribution in [0.3, 0.4) is 0 Å². The van der Waals surface area contributed by atoms with E-state index < -0.39 is 0 Å². The molecule has 0 spiro atoms. The zero-order valence-electron chi connectivity index (χ0n) is 12.3. The molecule has 3 nitrogen and oxygen atoms in total. The van der Waals surface area contributed by atoms with Crippen LogP contribution < -0.4 is 0 Å². The van der Waals surface area contributed by atoms with E-state index in [1.165, 1.54) is 5.56 Å². The highest BCUT2D eigenvalue weighted by Crippen LogP contribution is 2.06. The van der Waals surface area contributed by atoms with Crippen molar-refractivity contribution in [2.75, 3.05) is 32.7 Å². The number of hydrogen-bond donors (Lipinski definition) is 0. The van der Waals surface area contributed by atoms with Gasteiger partial charge in [-0.25, -0.2) is 0 Å². The summed E-state index contributed by atoms with van der Waals surface area (Å²) in [5.74, 6) is 0.312. The Bertz CT molecular complexity index is 434. The molecule has 1 saturated heterocycles. The molecule has 20 heavy (non-hydrogen) atoms. The predicted molar refractivity (Wildman–Crippen MR) is 83.4 cm³/mol. The SMILES string of the molecule is CCCC(=O)N1CCN(CC=Cc2ccccc2)CC1. The molecule has 1 aliphatic heterocycles. The maximum absolute atomic E-state index is 11.8. The Kier molecular flexibility index (Phi) is 5.81. The standard InChI is InChI=1S/C17H24N2O/c1-2-7-17(20)19-14-12-18(13-15-19)11-6-10-16-8-4-3-5-9-16/h3-6,8-10H,2,7,11-15H2,1H3. The van der Waals surface area contributed by atoms with Gasteiger partial charge in [-0.05, 0) is 12.0 Å². The molecule has 0 aliphatic carbocycles. The number of benzene rings is 1. The summed E-state index contributed by atoms with van der Waals surface area (Å²) in [6.45, 7) is 6.73. The number of carbonyl (C=O) groups is 1. The molecule has 1 amide bonds. The van der Waals surface area contributed by atoms with Gasteiger partial charge in [0.25, 0.3) is 0 Å². The summed E-state index contributed by atoms with van der Waals surface area (Å²) in [4.78, 5) is 16.2. The van der Waals surface area contributed by atoms with Crippen molar-refractivity contribution >= 4 is 12.0 Å². The normalized spacial score (nSPS) is 16.8. The molecule has 108 valence electrons. The van der Waals surface area contributed by atoms with Gasteiger partial charge in [-0.1, -0.05) is 49.4 Å². The summed E-state index contributed by atoms with van der Waals surface area (Å²) in [6.07, 6.45) is 6.00. The monoisotopic (exact) mass is 272 g/mol. The van der Waals surface area contributed by atoms with Crippen LogP contribution in [0.5, 0.6) is 0 Å². The topological polar surface area (TPSA) is 23.6 Å². The van der Waals surface area contributed by atoms with Gasteiger partial charge in [0.2, 0.25) is 5.91 Å². The highest BCUT2D eigenvalue weighted by molar-refractivity contribution is 5.76. The van der Waals surface area contributed by atoms with Crippen LogP contribution in [0.1, 0.15) is 25.3 Å². The van der Waals surface area contributed by atoms with Gasteiger partial charge >= 0.3 is 0 Å². The van der Waals surface area contributed by atoms with E-state index in [2.05, 4.69) is 48.2 Å². The number of hydrogen-bond acceptors (Lipinski definition) is 2. The van der Waals surface area contributed by atoms with Crippen LogP contribution in [0, 0.1) is 0 Å². The van der Waals surface area contributed by atoms with Gasteiger partial charge in [-0.15, -0.1) is 0 Å². The van der Waals surface area contributed by atoms with E-state index >= 15 is 0 Å². The first-order chi connectivity index (χ1) is 9.79. The molecule has 0 N–H and O–H groups in total. The molecule has 3 heteroatoms. The number of piperazine rings is 1. The zero-order chi connectivity index (χ0) is 14.2. The highest BCUT2D eigenvalue weighted by atomic mass is 16.2. The minimum absolute atomic E-state index is 0.312. The quantitative estimate of drug-likeness (QED) is 0.822. The lowest BCUT2D eigenvalue weighted by atomic mass is 10.2. The van der Waals surface area contributed by atoms with Gasteiger partial charge in [0.05, 0.1) is 0 Å². The van der Waals surface area contributed by atoms with Crippen LogP contribution in [0.2, 0.25) is 0 Å². The highest BCUT2D eigenvalue weighted by Gasteiger charge is 2.19. The fraction of sp³-hybridized carbons (Fsp3) is 0.471. The molecular formula is C17H24N2O. The summed E-state index contributed by atoms with van der Waals surface area (Å²) in [6, 6.07) is 10.4. The predicted octanol–water partition coefficient (Wildman–Crippen LogP) is 2.64. The first-order valence-electron chi connectivity index (χ1n) is 7.51. The third-order valence-corrected chi connectivity index (χ3v) is 3.66. The van der Waals surface area contributed by atoms with Crippen LogP contribution in [-0.2, 0) is 4.79 Å². The summed E-state index contributed by atoms with van der Waals surface area (Å²) >= 11 is 0. The van der Waals surface area contributed by atoms with Crippen LogP contribution in [-0.4, -0.2) is 48.4 Å². The second-order valence-corrected chi connectivity index (χ2v) is 5.24. The molecule has 0 radical (unpaired) electrons. The first-order valence-corrected chi connectivity index (χ1v) is 7.51. The van der Waals surface area contributed by atoms with Crippen molar-refractivity contribution in [3.05, 3.63) is 42.0 Å². The average Bonchev–Trinajstić information content (AvgIpc) is 2.49. The summed E-state index contributed by atoms with van der Waals surface area (Å²) in [5.41, 5.74) is 1.24. The molecule has 1 aliphatic rings. The van der Waals surface area contributed by atoms with Crippen LogP contribution in [0.15, 0.2) is 36.4 Å². The maximum atomic E-state index is 11.8. The van der Waals surface area contributed by atoms with Crippen LogP contribution in [0.25, 0.3) is 6.08 Å². The second kappa shape index (κ2) is 7.85. The van der Waals surface area contributed by atoms with Crippen molar-refractivity contribution < 1.29 is 4.79 Å². The van der Waals surface area contributed by atoms with Crippen LogP contribution in [0.4, 0.5) is 0 Å². The zero-order valence-corrected chi connectivity index (χ0v) is 12.3. The Hall–Kier alpha value is -1.61. The molecule has 2 rings (SSSR count). The number of carbonyl (C=O) groups excluding carboxylic acids is 1. The smallest absolute Gasteiger partial charge is 0.222 e. The molecule has 1 aromatic rings. The van der Waals surface area contributed by atoms with E-state index in [1.54, 1.807) is 0 Å². The van der Waals surface area contributed by atoms with Crippen LogP contribution >= 0.6 is 0 Å². The third kappa shape index (κ3) is 4.49. The second-order valence-electron chi connectivity index (χ2n) is 5.24. The van der Waals surface area contributed by atoms with Gasteiger partial charge in [-0.2, -0.15) is 0 Å². The van der Waals surface area contributed by atoms with E-state index in [-0.39, 0.29) is 0 Å². The fourth-order valence-electron chi connectivity index (χ4n) is 2.45. The van der Waals surface area contributed by atoms with Crippen molar-refractivity contribution in [3.63, 3.8) is 0 Å². The van der Waals surface area contributed by atoms with Crippen molar-refractivity contribution in [1.29, 1.82) is 0 Å². The number of nitrogens with zero attached hydrogens (tertiary/aromatic N) is 2. The molecular weight excluding hydrogens is 248 g/mol. The lowest BCUT2D eigenvalue weighted by Gasteiger charge is -2.34. The molecule has 1 fully saturated rings. The van der Waals surface area contributed by atoms with E-state index in [0.717, 1.165) is 39.1 Å².